The predicted molar refractivity (Wildman–Crippen MR) is 85.5 cm³/mol. The fourth-order valence-electron chi connectivity index (χ4n) is 3.56. The van der Waals surface area contributed by atoms with Gasteiger partial charge in [0.2, 0.25) is 0 Å². The first kappa shape index (κ1) is 16.4. The van der Waals surface area contributed by atoms with Crippen LogP contribution < -0.4 is 11.2 Å². The Morgan fingerprint density at radius 3 is 2.78 bits per heavy atom. The van der Waals surface area contributed by atoms with Crippen molar-refractivity contribution in [3.63, 3.8) is 0 Å². The van der Waals surface area contributed by atoms with E-state index < -0.39 is 0 Å². The van der Waals surface area contributed by atoms with E-state index in [4.69, 9.17) is 9.47 Å². The van der Waals surface area contributed by atoms with Gasteiger partial charge in [0.1, 0.15) is 5.60 Å². The summed E-state index contributed by atoms with van der Waals surface area (Å²) in [4.78, 5) is 26.4. The smallest absolute Gasteiger partial charge is 0.330 e. The third kappa shape index (κ3) is 3.13. The van der Waals surface area contributed by atoms with Crippen LogP contribution in [0.4, 0.5) is 0 Å². The molecule has 0 aliphatic carbocycles. The van der Waals surface area contributed by atoms with Gasteiger partial charge >= 0.3 is 5.69 Å². The number of nitrogens with zero attached hydrogens (tertiary/aromatic N) is 3. The number of aryl methyl sites for hydroxylation is 1. The van der Waals surface area contributed by atoms with E-state index in [0.29, 0.717) is 18.7 Å². The molecule has 1 aromatic heterocycles. The number of morpholine rings is 1. The quantitative estimate of drug-likeness (QED) is 0.774. The second-order valence-electron chi connectivity index (χ2n) is 6.72. The molecule has 2 fully saturated rings. The number of aromatic nitrogens is 2. The third-order valence-corrected chi connectivity index (χ3v) is 4.82. The fourth-order valence-corrected chi connectivity index (χ4v) is 3.56. The lowest BCUT2D eigenvalue weighted by Gasteiger charge is -2.43. The highest BCUT2D eigenvalue weighted by Crippen LogP contribution is 2.31. The Morgan fingerprint density at radius 1 is 1.35 bits per heavy atom. The summed E-state index contributed by atoms with van der Waals surface area (Å²) >= 11 is 0. The second-order valence-corrected chi connectivity index (χ2v) is 6.72. The Labute approximate surface area is 135 Å². The predicted octanol–water partition coefficient (Wildman–Crippen LogP) is -0.146. The Balaban J connectivity index is 1.84. The maximum Gasteiger partial charge on any atom is 0.330 e. The summed E-state index contributed by atoms with van der Waals surface area (Å²) in [6, 6.07) is 0. The molecule has 2 aliphatic heterocycles. The average molecular weight is 323 g/mol. The van der Waals surface area contributed by atoms with Crippen LogP contribution in [0.1, 0.15) is 25.3 Å². The van der Waals surface area contributed by atoms with Crippen LogP contribution in [0.5, 0.6) is 0 Å². The second kappa shape index (κ2) is 6.22. The molecule has 3 rings (SSSR count). The van der Waals surface area contributed by atoms with E-state index in [9.17, 15) is 9.59 Å². The lowest BCUT2D eigenvalue weighted by molar-refractivity contribution is -0.156. The molecule has 7 heteroatoms. The van der Waals surface area contributed by atoms with Gasteiger partial charge in [0.25, 0.3) is 5.56 Å². The molecule has 2 saturated heterocycles. The molecule has 7 nitrogen and oxygen atoms in total. The molecular weight excluding hydrogens is 298 g/mol. The molecule has 2 atom stereocenters. The Kier molecular flexibility index (Phi) is 4.44. The van der Waals surface area contributed by atoms with Crippen molar-refractivity contribution in [1.82, 2.24) is 14.0 Å². The van der Waals surface area contributed by atoms with Gasteiger partial charge in [0, 0.05) is 58.5 Å². The van der Waals surface area contributed by atoms with Crippen molar-refractivity contribution in [2.24, 2.45) is 14.1 Å². The van der Waals surface area contributed by atoms with Crippen LogP contribution in [0.2, 0.25) is 0 Å². The summed E-state index contributed by atoms with van der Waals surface area (Å²) in [5, 5.41) is 0. The lowest BCUT2D eigenvalue weighted by Crippen LogP contribution is -2.56. The van der Waals surface area contributed by atoms with Crippen LogP contribution in [0.25, 0.3) is 0 Å². The van der Waals surface area contributed by atoms with Gasteiger partial charge < -0.3 is 14.0 Å². The molecule has 0 N–H and O–H groups in total. The van der Waals surface area contributed by atoms with Crippen LogP contribution in [0, 0.1) is 0 Å². The number of ether oxygens (including phenoxy) is 2. The van der Waals surface area contributed by atoms with E-state index in [0.717, 1.165) is 32.5 Å². The summed E-state index contributed by atoms with van der Waals surface area (Å²) < 4.78 is 14.4. The Bertz CT molecular complexity index is 688. The number of hydrogen-bond donors (Lipinski definition) is 0. The van der Waals surface area contributed by atoms with Crippen molar-refractivity contribution in [1.29, 1.82) is 0 Å². The molecule has 128 valence electrons. The van der Waals surface area contributed by atoms with E-state index in [-0.39, 0.29) is 23.0 Å². The minimum atomic E-state index is -0.298. The summed E-state index contributed by atoms with van der Waals surface area (Å²) in [7, 11) is 3.19. The fraction of sp³-hybridized carbons (Fsp3) is 0.750. The molecule has 0 bridgehead atoms. The van der Waals surface area contributed by atoms with E-state index in [1.165, 1.54) is 16.2 Å². The topological polar surface area (TPSA) is 65.7 Å². The van der Waals surface area contributed by atoms with E-state index in [2.05, 4.69) is 11.8 Å². The van der Waals surface area contributed by atoms with Gasteiger partial charge in [0.05, 0.1) is 12.7 Å². The number of rotatable bonds is 3. The highest BCUT2D eigenvalue weighted by atomic mass is 16.6. The monoisotopic (exact) mass is 323 g/mol. The van der Waals surface area contributed by atoms with Crippen LogP contribution in [0.15, 0.2) is 15.8 Å². The molecule has 1 aromatic rings. The molecule has 1 spiro atoms. The van der Waals surface area contributed by atoms with Gasteiger partial charge in [-0.15, -0.1) is 0 Å². The number of hydrogen-bond acceptors (Lipinski definition) is 5. The maximum absolute atomic E-state index is 12.3. The molecule has 23 heavy (non-hydrogen) atoms. The summed E-state index contributed by atoms with van der Waals surface area (Å²) in [5.41, 5.74) is -0.122. The maximum atomic E-state index is 12.3. The van der Waals surface area contributed by atoms with Crippen molar-refractivity contribution in [2.45, 2.75) is 38.0 Å². The van der Waals surface area contributed by atoms with E-state index in [1.54, 1.807) is 13.2 Å². The van der Waals surface area contributed by atoms with Crippen LogP contribution in [0.3, 0.4) is 0 Å². The molecule has 0 aromatic carbocycles. The van der Waals surface area contributed by atoms with E-state index >= 15 is 0 Å². The summed E-state index contributed by atoms with van der Waals surface area (Å²) in [6.07, 6.45) is 3.63. The van der Waals surface area contributed by atoms with Gasteiger partial charge in [-0.25, -0.2) is 4.79 Å². The van der Waals surface area contributed by atoms with Crippen LogP contribution >= 0.6 is 0 Å². The first-order valence-corrected chi connectivity index (χ1v) is 8.17. The first-order chi connectivity index (χ1) is 10.9. The largest absolute Gasteiger partial charge is 0.378 e. The van der Waals surface area contributed by atoms with Crippen molar-refractivity contribution in [3.05, 3.63) is 32.6 Å². The van der Waals surface area contributed by atoms with Crippen LogP contribution in [-0.2, 0) is 30.1 Å². The van der Waals surface area contributed by atoms with Crippen molar-refractivity contribution in [3.8, 4) is 0 Å². The molecule has 2 aliphatic rings. The highest BCUT2D eigenvalue weighted by molar-refractivity contribution is 5.07. The lowest BCUT2D eigenvalue weighted by atomic mass is 9.98. The van der Waals surface area contributed by atoms with Crippen molar-refractivity contribution >= 4 is 0 Å². The molecular formula is C16H25N3O4. The SMILES string of the molecule is CC[C@@H]1CN(Cc2cn(C)c(=O)n(C)c2=O)C[C@@]2(CCOC2)O1. The zero-order valence-corrected chi connectivity index (χ0v) is 14.1. The van der Waals surface area contributed by atoms with Crippen molar-refractivity contribution in [2.75, 3.05) is 26.3 Å². The Morgan fingerprint density at radius 2 is 2.13 bits per heavy atom. The highest BCUT2D eigenvalue weighted by Gasteiger charge is 2.43. The molecule has 0 amide bonds. The van der Waals surface area contributed by atoms with Gasteiger partial charge in [0.15, 0.2) is 0 Å². The third-order valence-electron chi connectivity index (χ3n) is 4.82. The van der Waals surface area contributed by atoms with Gasteiger partial charge in [-0.1, -0.05) is 6.92 Å². The Hall–Kier alpha value is -1.44. The van der Waals surface area contributed by atoms with Crippen LogP contribution in [-0.4, -0.2) is 52.0 Å². The zero-order chi connectivity index (χ0) is 16.6. The average Bonchev–Trinajstić information content (AvgIpc) is 2.97. The minimum absolute atomic E-state index is 0.154. The van der Waals surface area contributed by atoms with Gasteiger partial charge in [-0.05, 0) is 6.42 Å². The molecule has 0 radical (unpaired) electrons. The summed E-state index contributed by atoms with van der Waals surface area (Å²) in [6.45, 7) is 5.54. The standard InChI is InChI=1S/C16H25N3O4/c1-4-13-9-19(10-16(23-13)5-6-22-11-16)8-12-7-17(2)15(21)18(3)14(12)20/h7,13H,4-6,8-11H2,1-3H3/t13-,16-/m1/s1. The first-order valence-electron chi connectivity index (χ1n) is 8.17. The van der Waals surface area contributed by atoms with Gasteiger partial charge in [-0.2, -0.15) is 0 Å². The van der Waals surface area contributed by atoms with Crippen molar-refractivity contribution < 1.29 is 9.47 Å². The molecule has 0 unspecified atom stereocenters. The molecule has 0 saturated carbocycles. The minimum Gasteiger partial charge on any atom is -0.378 e. The summed E-state index contributed by atoms with van der Waals surface area (Å²) in [5.74, 6) is 0. The normalized spacial score (nSPS) is 28.6. The zero-order valence-electron chi connectivity index (χ0n) is 14.1. The van der Waals surface area contributed by atoms with E-state index in [1.807, 2.05) is 0 Å². The van der Waals surface area contributed by atoms with Gasteiger partial charge in [-0.3, -0.25) is 14.3 Å². The molecule has 3 heterocycles.